The summed E-state index contributed by atoms with van der Waals surface area (Å²) in [5.74, 6) is 0.349. The number of aromatic hydroxyl groups is 2. The summed E-state index contributed by atoms with van der Waals surface area (Å²) >= 11 is 0. The molecule has 1 heterocycles. The van der Waals surface area contributed by atoms with Crippen molar-refractivity contribution in [3.05, 3.63) is 53.9 Å². The molecule has 2 aromatic rings. The molecule has 0 saturated heterocycles. The van der Waals surface area contributed by atoms with Crippen molar-refractivity contribution in [2.75, 3.05) is 6.54 Å². The molecule has 0 aliphatic carbocycles. The van der Waals surface area contributed by atoms with Crippen LogP contribution in [0.5, 0.6) is 11.5 Å². The van der Waals surface area contributed by atoms with Crippen LogP contribution in [0.3, 0.4) is 0 Å². The van der Waals surface area contributed by atoms with E-state index in [2.05, 4.69) is 10.3 Å². The number of hydrogen-bond donors (Lipinski definition) is 3. The Morgan fingerprint density at radius 3 is 2.79 bits per heavy atom. The van der Waals surface area contributed by atoms with Crippen molar-refractivity contribution in [3.8, 4) is 11.5 Å². The summed E-state index contributed by atoms with van der Waals surface area (Å²) in [7, 11) is 0. The summed E-state index contributed by atoms with van der Waals surface area (Å²) in [6, 6.07) is 10.4. The Bertz CT molecular complexity index is 529. The summed E-state index contributed by atoms with van der Waals surface area (Å²) in [6.07, 6.45) is 2.60. The first kappa shape index (κ1) is 13.4. The molecule has 1 unspecified atom stereocenters. The van der Waals surface area contributed by atoms with Gasteiger partial charge in [-0.3, -0.25) is 4.98 Å². The largest absolute Gasteiger partial charge is 0.508 e. The van der Waals surface area contributed by atoms with Crippen molar-refractivity contribution in [1.82, 2.24) is 10.3 Å². The standard InChI is InChI=1S/C15H18N2O2/c1-11(14-10-13(18)5-6-15(14)19)16-9-7-12-4-2-3-8-17-12/h2-6,8,10-11,16,18-19H,7,9H2,1H3. The van der Waals surface area contributed by atoms with Gasteiger partial charge < -0.3 is 15.5 Å². The van der Waals surface area contributed by atoms with E-state index in [1.54, 1.807) is 12.3 Å². The van der Waals surface area contributed by atoms with E-state index in [0.29, 0.717) is 5.56 Å². The zero-order valence-electron chi connectivity index (χ0n) is 10.9. The second-order valence-electron chi connectivity index (χ2n) is 4.49. The third-order valence-corrected chi connectivity index (χ3v) is 3.04. The number of pyridine rings is 1. The Balaban J connectivity index is 1.91. The molecule has 0 aliphatic rings. The molecular formula is C15H18N2O2. The van der Waals surface area contributed by atoms with Gasteiger partial charge in [-0.2, -0.15) is 0 Å². The van der Waals surface area contributed by atoms with E-state index in [4.69, 9.17) is 0 Å². The molecule has 0 saturated carbocycles. The lowest BCUT2D eigenvalue weighted by Gasteiger charge is -2.15. The quantitative estimate of drug-likeness (QED) is 0.720. The number of nitrogens with zero attached hydrogens (tertiary/aromatic N) is 1. The van der Waals surface area contributed by atoms with Gasteiger partial charge in [0.25, 0.3) is 0 Å². The second kappa shape index (κ2) is 6.20. The van der Waals surface area contributed by atoms with Gasteiger partial charge in [0.1, 0.15) is 11.5 Å². The van der Waals surface area contributed by atoms with Crippen LogP contribution in [0.25, 0.3) is 0 Å². The first-order valence-corrected chi connectivity index (χ1v) is 6.32. The molecular weight excluding hydrogens is 240 g/mol. The van der Waals surface area contributed by atoms with Crippen molar-refractivity contribution in [1.29, 1.82) is 0 Å². The van der Waals surface area contributed by atoms with Crippen molar-refractivity contribution in [2.45, 2.75) is 19.4 Å². The highest BCUT2D eigenvalue weighted by molar-refractivity contribution is 5.40. The lowest BCUT2D eigenvalue weighted by atomic mass is 10.1. The normalized spacial score (nSPS) is 12.3. The van der Waals surface area contributed by atoms with Crippen LogP contribution in [0.2, 0.25) is 0 Å². The van der Waals surface area contributed by atoms with Crippen LogP contribution in [-0.2, 0) is 6.42 Å². The van der Waals surface area contributed by atoms with Gasteiger partial charge in [0.15, 0.2) is 0 Å². The zero-order chi connectivity index (χ0) is 13.7. The van der Waals surface area contributed by atoms with Crippen LogP contribution in [-0.4, -0.2) is 21.7 Å². The molecule has 1 aromatic heterocycles. The summed E-state index contributed by atoms with van der Waals surface area (Å²) < 4.78 is 0. The highest BCUT2D eigenvalue weighted by Gasteiger charge is 2.10. The maximum Gasteiger partial charge on any atom is 0.120 e. The predicted octanol–water partition coefficient (Wildman–Crippen LogP) is 2.39. The van der Waals surface area contributed by atoms with Gasteiger partial charge in [-0.15, -0.1) is 0 Å². The van der Waals surface area contributed by atoms with Crippen molar-refractivity contribution in [3.63, 3.8) is 0 Å². The van der Waals surface area contributed by atoms with E-state index in [1.165, 1.54) is 12.1 Å². The average Bonchev–Trinajstić information content (AvgIpc) is 2.42. The van der Waals surface area contributed by atoms with Gasteiger partial charge >= 0.3 is 0 Å². The second-order valence-corrected chi connectivity index (χ2v) is 4.49. The maximum absolute atomic E-state index is 9.76. The molecule has 1 atom stereocenters. The Kier molecular flexibility index (Phi) is 4.36. The van der Waals surface area contributed by atoms with Crippen LogP contribution in [0.15, 0.2) is 42.6 Å². The first-order valence-electron chi connectivity index (χ1n) is 6.32. The fourth-order valence-corrected chi connectivity index (χ4v) is 1.96. The van der Waals surface area contributed by atoms with E-state index in [-0.39, 0.29) is 17.5 Å². The molecule has 4 heteroatoms. The monoisotopic (exact) mass is 258 g/mol. The van der Waals surface area contributed by atoms with Crippen LogP contribution < -0.4 is 5.32 Å². The van der Waals surface area contributed by atoms with E-state index >= 15 is 0 Å². The van der Waals surface area contributed by atoms with Gasteiger partial charge in [-0.05, 0) is 37.3 Å². The highest BCUT2D eigenvalue weighted by Crippen LogP contribution is 2.27. The minimum Gasteiger partial charge on any atom is -0.508 e. The third-order valence-electron chi connectivity index (χ3n) is 3.04. The average molecular weight is 258 g/mol. The Hall–Kier alpha value is -2.07. The van der Waals surface area contributed by atoms with Gasteiger partial charge in [0.2, 0.25) is 0 Å². The van der Waals surface area contributed by atoms with Crippen molar-refractivity contribution >= 4 is 0 Å². The van der Waals surface area contributed by atoms with Gasteiger partial charge in [-0.25, -0.2) is 0 Å². The van der Waals surface area contributed by atoms with E-state index in [1.807, 2.05) is 25.1 Å². The number of phenols is 2. The maximum atomic E-state index is 9.76. The van der Waals surface area contributed by atoms with Gasteiger partial charge in [0, 0.05) is 36.5 Å². The van der Waals surface area contributed by atoms with E-state index in [9.17, 15) is 10.2 Å². The van der Waals surface area contributed by atoms with Crippen LogP contribution >= 0.6 is 0 Å². The molecule has 0 aliphatic heterocycles. The SMILES string of the molecule is CC(NCCc1ccccn1)c1cc(O)ccc1O. The molecule has 0 spiro atoms. The number of rotatable bonds is 5. The molecule has 0 fully saturated rings. The number of benzene rings is 1. The number of nitrogens with one attached hydrogen (secondary N) is 1. The Morgan fingerprint density at radius 1 is 1.21 bits per heavy atom. The first-order chi connectivity index (χ1) is 9.16. The lowest BCUT2D eigenvalue weighted by Crippen LogP contribution is -2.21. The zero-order valence-corrected chi connectivity index (χ0v) is 10.9. The smallest absolute Gasteiger partial charge is 0.120 e. The summed E-state index contributed by atoms with van der Waals surface area (Å²) in [6.45, 7) is 2.71. The number of aromatic nitrogens is 1. The molecule has 19 heavy (non-hydrogen) atoms. The van der Waals surface area contributed by atoms with E-state index < -0.39 is 0 Å². The number of hydrogen-bond acceptors (Lipinski definition) is 4. The molecule has 2 rings (SSSR count). The van der Waals surface area contributed by atoms with Crippen LogP contribution in [0.1, 0.15) is 24.2 Å². The highest BCUT2D eigenvalue weighted by atomic mass is 16.3. The van der Waals surface area contributed by atoms with Gasteiger partial charge in [-0.1, -0.05) is 6.07 Å². The minimum atomic E-state index is -0.0317. The van der Waals surface area contributed by atoms with Crippen molar-refractivity contribution < 1.29 is 10.2 Å². The van der Waals surface area contributed by atoms with Crippen LogP contribution in [0, 0.1) is 0 Å². The molecule has 3 N–H and O–H groups in total. The summed E-state index contributed by atoms with van der Waals surface area (Å²) in [4.78, 5) is 4.25. The van der Waals surface area contributed by atoms with Gasteiger partial charge in [0.05, 0.1) is 0 Å². The molecule has 0 amide bonds. The topological polar surface area (TPSA) is 65.4 Å². The predicted molar refractivity (Wildman–Crippen MR) is 74.1 cm³/mol. The third kappa shape index (κ3) is 3.69. The molecule has 0 bridgehead atoms. The van der Waals surface area contributed by atoms with E-state index in [0.717, 1.165) is 18.7 Å². The molecule has 0 radical (unpaired) electrons. The molecule has 1 aromatic carbocycles. The lowest BCUT2D eigenvalue weighted by molar-refractivity contribution is 0.441. The van der Waals surface area contributed by atoms with Crippen molar-refractivity contribution in [2.24, 2.45) is 0 Å². The Morgan fingerprint density at radius 2 is 2.05 bits per heavy atom. The van der Waals surface area contributed by atoms with Crippen LogP contribution in [0.4, 0.5) is 0 Å². The molecule has 100 valence electrons. The number of phenolic OH excluding ortho intramolecular Hbond substituents is 2. The molecule has 4 nitrogen and oxygen atoms in total. The fraction of sp³-hybridized carbons (Fsp3) is 0.267. The Labute approximate surface area is 112 Å². The fourth-order valence-electron chi connectivity index (χ4n) is 1.96. The summed E-state index contributed by atoms with van der Waals surface area (Å²) in [5.41, 5.74) is 1.73. The summed E-state index contributed by atoms with van der Waals surface area (Å²) in [5, 5.41) is 22.5. The minimum absolute atomic E-state index is 0.0317.